The van der Waals surface area contributed by atoms with E-state index in [4.69, 9.17) is 4.74 Å². The largest absolute Gasteiger partial charge is 0.393 e. The van der Waals surface area contributed by atoms with Crippen molar-refractivity contribution in [1.82, 2.24) is 0 Å². The molecule has 14 heavy (non-hydrogen) atoms. The van der Waals surface area contributed by atoms with Gasteiger partial charge in [0.1, 0.15) is 0 Å². The van der Waals surface area contributed by atoms with E-state index in [1.54, 1.807) is 0 Å². The van der Waals surface area contributed by atoms with Crippen molar-refractivity contribution in [1.29, 1.82) is 0 Å². The lowest BCUT2D eigenvalue weighted by molar-refractivity contribution is -0.163. The number of hydrogen-bond acceptors (Lipinski definition) is 4. The highest BCUT2D eigenvalue weighted by atomic mass is 16.6. The number of rotatable bonds is 0. The van der Waals surface area contributed by atoms with Crippen LogP contribution in [0.15, 0.2) is 0 Å². The van der Waals surface area contributed by atoms with Gasteiger partial charge >= 0.3 is 11.9 Å². The van der Waals surface area contributed by atoms with Gasteiger partial charge < -0.3 is 9.47 Å². The fourth-order valence-electron chi connectivity index (χ4n) is 2.40. The summed E-state index contributed by atoms with van der Waals surface area (Å²) in [6, 6.07) is 0. The van der Waals surface area contributed by atoms with Gasteiger partial charge in [-0.05, 0) is 26.7 Å². The van der Waals surface area contributed by atoms with E-state index in [2.05, 4.69) is 4.74 Å². The highest BCUT2D eigenvalue weighted by Crippen LogP contribution is 2.45. The second kappa shape index (κ2) is 2.79. The van der Waals surface area contributed by atoms with Gasteiger partial charge in [-0.1, -0.05) is 0 Å². The molecular weight excluding hydrogens is 184 g/mol. The van der Waals surface area contributed by atoms with Gasteiger partial charge in [0.05, 0.1) is 17.4 Å². The molecule has 0 aliphatic carbocycles. The average molecular weight is 198 g/mol. The Morgan fingerprint density at radius 1 is 1.29 bits per heavy atom. The molecule has 2 fully saturated rings. The third kappa shape index (κ3) is 1.43. The van der Waals surface area contributed by atoms with Crippen LogP contribution < -0.4 is 0 Å². The molecule has 0 N–H and O–H groups in total. The van der Waals surface area contributed by atoms with Crippen molar-refractivity contribution in [3.8, 4) is 0 Å². The summed E-state index contributed by atoms with van der Waals surface area (Å²) in [7, 11) is 0. The Bertz CT molecular complexity index is 294. The predicted octanol–water partition coefficient (Wildman–Crippen LogP) is 1.04. The van der Waals surface area contributed by atoms with E-state index in [1.807, 2.05) is 13.8 Å². The van der Waals surface area contributed by atoms with E-state index >= 15 is 0 Å². The maximum atomic E-state index is 11.6. The van der Waals surface area contributed by atoms with Crippen molar-refractivity contribution in [3.63, 3.8) is 0 Å². The van der Waals surface area contributed by atoms with E-state index in [1.165, 1.54) is 0 Å². The Hall–Kier alpha value is -0.900. The molecule has 1 spiro atoms. The van der Waals surface area contributed by atoms with E-state index in [9.17, 15) is 9.59 Å². The zero-order valence-electron chi connectivity index (χ0n) is 8.46. The van der Waals surface area contributed by atoms with Crippen LogP contribution in [0.4, 0.5) is 0 Å². The Morgan fingerprint density at radius 2 is 2.00 bits per heavy atom. The van der Waals surface area contributed by atoms with Crippen LogP contribution in [0.5, 0.6) is 0 Å². The fraction of sp³-hybridized carbons (Fsp3) is 0.800. The minimum Gasteiger partial charge on any atom is -0.393 e. The maximum Gasteiger partial charge on any atom is 0.320 e. The van der Waals surface area contributed by atoms with Crippen LogP contribution >= 0.6 is 0 Å². The van der Waals surface area contributed by atoms with Crippen molar-refractivity contribution >= 4 is 11.9 Å². The third-order valence-corrected chi connectivity index (χ3v) is 2.96. The molecule has 78 valence electrons. The quantitative estimate of drug-likeness (QED) is 0.431. The van der Waals surface area contributed by atoms with Crippen LogP contribution in [0, 0.1) is 5.41 Å². The Balaban J connectivity index is 2.24. The number of hydrogen-bond donors (Lipinski definition) is 0. The van der Waals surface area contributed by atoms with Crippen molar-refractivity contribution < 1.29 is 19.1 Å². The van der Waals surface area contributed by atoms with Gasteiger partial charge in [-0.15, -0.1) is 0 Å². The predicted molar refractivity (Wildman–Crippen MR) is 47.4 cm³/mol. The highest BCUT2D eigenvalue weighted by Gasteiger charge is 2.53. The summed E-state index contributed by atoms with van der Waals surface area (Å²) in [5.41, 5.74) is -0.930. The van der Waals surface area contributed by atoms with Gasteiger partial charge in [-0.25, -0.2) is 0 Å². The number of cyclic esters (lactones) is 2. The van der Waals surface area contributed by atoms with Gasteiger partial charge in [0, 0.05) is 6.61 Å². The molecule has 0 saturated carbocycles. The maximum absolute atomic E-state index is 11.6. The molecule has 2 heterocycles. The Labute approximate surface area is 82.6 Å². The van der Waals surface area contributed by atoms with Gasteiger partial charge in [0.2, 0.25) is 0 Å². The van der Waals surface area contributed by atoms with Gasteiger partial charge in [0.25, 0.3) is 0 Å². The van der Waals surface area contributed by atoms with E-state index in [0.29, 0.717) is 19.4 Å². The molecule has 0 aromatic carbocycles. The molecule has 4 heteroatoms. The molecule has 2 saturated heterocycles. The topological polar surface area (TPSA) is 52.6 Å². The van der Waals surface area contributed by atoms with Crippen molar-refractivity contribution in [3.05, 3.63) is 0 Å². The van der Waals surface area contributed by atoms with Crippen molar-refractivity contribution in [2.24, 2.45) is 5.41 Å². The third-order valence-electron chi connectivity index (χ3n) is 2.96. The zero-order chi connectivity index (χ0) is 10.4. The molecule has 2 aliphatic heterocycles. The normalized spacial score (nSPS) is 36.1. The first-order chi connectivity index (χ1) is 6.44. The van der Waals surface area contributed by atoms with E-state index in [-0.39, 0.29) is 18.0 Å². The molecule has 0 aromatic heterocycles. The summed E-state index contributed by atoms with van der Waals surface area (Å²) in [5, 5.41) is 0. The molecule has 0 radical (unpaired) electrons. The lowest BCUT2D eigenvalue weighted by Gasteiger charge is -2.39. The summed E-state index contributed by atoms with van der Waals surface area (Å²) >= 11 is 0. The highest BCUT2D eigenvalue weighted by molar-refractivity contribution is 5.97. The van der Waals surface area contributed by atoms with Crippen LogP contribution in [0.25, 0.3) is 0 Å². The minimum absolute atomic E-state index is 0.221. The number of ether oxygens (including phenoxy) is 2. The summed E-state index contributed by atoms with van der Waals surface area (Å²) in [4.78, 5) is 22.6. The lowest BCUT2D eigenvalue weighted by Crippen LogP contribution is -2.43. The molecule has 1 unspecified atom stereocenters. The monoisotopic (exact) mass is 198 g/mol. The van der Waals surface area contributed by atoms with Crippen LogP contribution in [-0.2, 0) is 19.1 Å². The van der Waals surface area contributed by atoms with Crippen molar-refractivity contribution in [2.75, 3.05) is 6.61 Å². The molecule has 0 bridgehead atoms. The Morgan fingerprint density at radius 3 is 2.50 bits per heavy atom. The fourth-order valence-corrected chi connectivity index (χ4v) is 2.40. The molecule has 2 aliphatic rings. The summed E-state index contributed by atoms with van der Waals surface area (Å²) < 4.78 is 10.1. The molecule has 1 atom stereocenters. The second-order valence-corrected chi connectivity index (χ2v) is 4.75. The molecule has 0 amide bonds. The minimum atomic E-state index is -0.598. The van der Waals surface area contributed by atoms with Crippen LogP contribution in [0.2, 0.25) is 0 Å². The first kappa shape index (κ1) is 9.65. The zero-order valence-corrected chi connectivity index (χ0v) is 8.46. The summed E-state index contributed by atoms with van der Waals surface area (Å²) in [5.74, 6) is -0.758. The SMILES string of the molecule is CC1(C)CC2(CCO1)CC(=O)OC2=O. The molecule has 0 aromatic rings. The van der Waals surface area contributed by atoms with Gasteiger partial charge in [-0.3, -0.25) is 9.59 Å². The number of carbonyl (C=O) groups is 2. The first-order valence-electron chi connectivity index (χ1n) is 4.83. The standard InChI is InChI=1S/C10H14O4/c1-9(2)6-10(3-4-13-9)5-7(11)14-8(10)12/h3-6H2,1-2H3. The lowest BCUT2D eigenvalue weighted by atomic mass is 9.73. The van der Waals surface area contributed by atoms with Gasteiger partial charge in [0.15, 0.2) is 0 Å². The second-order valence-electron chi connectivity index (χ2n) is 4.75. The number of esters is 2. The van der Waals surface area contributed by atoms with Crippen molar-refractivity contribution in [2.45, 2.75) is 38.7 Å². The molecule has 4 nitrogen and oxygen atoms in total. The average Bonchev–Trinajstić information content (AvgIpc) is 2.24. The first-order valence-corrected chi connectivity index (χ1v) is 4.83. The van der Waals surface area contributed by atoms with E-state index < -0.39 is 11.4 Å². The Kier molecular flexibility index (Phi) is 1.93. The smallest absolute Gasteiger partial charge is 0.320 e. The van der Waals surface area contributed by atoms with Gasteiger partial charge in [-0.2, -0.15) is 0 Å². The molecule has 2 rings (SSSR count). The van der Waals surface area contributed by atoms with Crippen LogP contribution in [-0.4, -0.2) is 24.1 Å². The summed E-state index contributed by atoms with van der Waals surface area (Å²) in [6.45, 7) is 4.39. The number of carbonyl (C=O) groups excluding carboxylic acids is 2. The van der Waals surface area contributed by atoms with Crippen LogP contribution in [0.3, 0.4) is 0 Å². The van der Waals surface area contributed by atoms with Crippen LogP contribution in [0.1, 0.15) is 33.1 Å². The summed E-state index contributed by atoms with van der Waals surface area (Å²) in [6.07, 6.45) is 1.39. The molecular formula is C10H14O4. The van der Waals surface area contributed by atoms with E-state index in [0.717, 1.165) is 0 Å².